The highest BCUT2D eigenvalue weighted by molar-refractivity contribution is 6.35. The van der Waals surface area contributed by atoms with Gasteiger partial charge in [-0.3, -0.25) is 9.59 Å². The van der Waals surface area contributed by atoms with Gasteiger partial charge in [-0.05, 0) is 23.8 Å². The molecule has 8 nitrogen and oxygen atoms in total. The van der Waals surface area contributed by atoms with E-state index < -0.39 is 11.8 Å². The zero-order valence-electron chi connectivity index (χ0n) is 12.1. The first-order valence-electron chi connectivity index (χ1n) is 6.70. The third kappa shape index (κ3) is 4.45. The van der Waals surface area contributed by atoms with E-state index in [-0.39, 0.29) is 6.54 Å². The molecule has 0 aromatic heterocycles. The Kier molecular flexibility index (Phi) is 5.73. The minimum absolute atomic E-state index is 0.259. The lowest BCUT2D eigenvalue weighted by Crippen LogP contribution is -2.39. The van der Waals surface area contributed by atoms with E-state index in [1.165, 1.54) is 13.3 Å². The van der Waals surface area contributed by atoms with Crippen LogP contribution in [0.25, 0.3) is 0 Å². The topological polar surface area (TPSA) is 98.2 Å². The molecule has 0 bridgehead atoms. The Hall–Kier alpha value is -2.61. The number of nitrogens with one attached hydrogen (secondary N) is 2. The molecule has 2 rings (SSSR count). The molecule has 0 aliphatic carbocycles. The minimum Gasteiger partial charge on any atom is -0.486 e. The third-order valence-corrected chi connectivity index (χ3v) is 2.74. The van der Waals surface area contributed by atoms with Crippen LogP contribution in [-0.4, -0.2) is 51.5 Å². The van der Waals surface area contributed by atoms with Crippen molar-refractivity contribution in [3.05, 3.63) is 23.8 Å². The second-order valence-corrected chi connectivity index (χ2v) is 4.35. The number of ether oxygens (including phenoxy) is 3. The normalized spacial score (nSPS) is 13.0. The molecular weight excluding hydrogens is 290 g/mol. The van der Waals surface area contributed by atoms with Crippen LogP contribution in [0.3, 0.4) is 0 Å². The number of hydrogen-bond donors (Lipinski definition) is 2. The summed E-state index contributed by atoms with van der Waals surface area (Å²) in [6.45, 7) is 1.61. The summed E-state index contributed by atoms with van der Waals surface area (Å²) in [4.78, 5) is 22.8. The van der Waals surface area contributed by atoms with Gasteiger partial charge in [0.1, 0.15) is 13.2 Å². The molecular formula is C14H17N3O5. The van der Waals surface area contributed by atoms with E-state index in [0.717, 1.165) is 0 Å². The van der Waals surface area contributed by atoms with E-state index in [1.54, 1.807) is 18.2 Å². The summed E-state index contributed by atoms with van der Waals surface area (Å²) < 4.78 is 15.6. The van der Waals surface area contributed by atoms with E-state index in [9.17, 15) is 9.59 Å². The summed E-state index contributed by atoms with van der Waals surface area (Å²) in [6, 6.07) is 5.26. The van der Waals surface area contributed by atoms with Crippen molar-refractivity contribution in [2.75, 3.05) is 33.5 Å². The van der Waals surface area contributed by atoms with Gasteiger partial charge in [-0.25, -0.2) is 5.43 Å². The zero-order chi connectivity index (χ0) is 15.8. The molecule has 0 spiro atoms. The Balaban J connectivity index is 1.84. The van der Waals surface area contributed by atoms with Crippen molar-refractivity contribution in [2.45, 2.75) is 0 Å². The average Bonchev–Trinajstić information content (AvgIpc) is 2.54. The molecule has 1 aromatic rings. The van der Waals surface area contributed by atoms with E-state index >= 15 is 0 Å². The molecule has 0 radical (unpaired) electrons. The highest BCUT2D eigenvalue weighted by Crippen LogP contribution is 2.30. The fourth-order valence-corrected chi connectivity index (χ4v) is 1.70. The highest BCUT2D eigenvalue weighted by Gasteiger charge is 2.12. The largest absolute Gasteiger partial charge is 0.486 e. The van der Waals surface area contributed by atoms with Gasteiger partial charge in [0.2, 0.25) is 0 Å². The minimum atomic E-state index is -0.843. The molecule has 22 heavy (non-hydrogen) atoms. The molecule has 0 saturated heterocycles. The molecule has 0 saturated carbocycles. The van der Waals surface area contributed by atoms with Gasteiger partial charge in [-0.1, -0.05) is 0 Å². The molecule has 1 aromatic carbocycles. The first-order valence-corrected chi connectivity index (χ1v) is 6.70. The lowest BCUT2D eigenvalue weighted by molar-refractivity contribution is -0.139. The van der Waals surface area contributed by atoms with E-state index in [0.29, 0.717) is 36.9 Å². The number of rotatable bonds is 5. The lowest BCUT2D eigenvalue weighted by atomic mass is 10.2. The highest BCUT2D eigenvalue weighted by atomic mass is 16.6. The van der Waals surface area contributed by atoms with Crippen molar-refractivity contribution >= 4 is 18.0 Å². The van der Waals surface area contributed by atoms with Crippen molar-refractivity contribution in [1.82, 2.24) is 10.7 Å². The Labute approximate surface area is 127 Å². The summed E-state index contributed by atoms with van der Waals surface area (Å²) >= 11 is 0. The maximum Gasteiger partial charge on any atom is 0.329 e. The van der Waals surface area contributed by atoms with Crippen LogP contribution in [0.4, 0.5) is 0 Å². The fourth-order valence-electron chi connectivity index (χ4n) is 1.70. The van der Waals surface area contributed by atoms with Crippen LogP contribution in [0.5, 0.6) is 11.5 Å². The number of amides is 2. The van der Waals surface area contributed by atoms with Crippen molar-refractivity contribution in [2.24, 2.45) is 5.10 Å². The maximum atomic E-state index is 11.4. The standard InChI is InChI=1S/C14H17N3O5/c1-20-5-4-15-13(18)14(19)17-16-9-10-2-3-11-12(8-10)22-7-6-21-11/h2-3,8-9H,4-7H2,1H3,(H,15,18)(H,17,19)/b16-9-. The summed E-state index contributed by atoms with van der Waals surface area (Å²) in [5.74, 6) is -0.315. The van der Waals surface area contributed by atoms with Crippen molar-refractivity contribution in [1.29, 1.82) is 0 Å². The number of hydrogen-bond acceptors (Lipinski definition) is 6. The SMILES string of the molecule is COCCNC(=O)C(=O)N/N=C\c1ccc2c(c1)OCCO2. The zero-order valence-corrected chi connectivity index (χ0v) is 12.1. The Morgan fingerprint density at radius 2 is 2.05 bits per heavy atom. The molecule has 2 N–H and O–H groups in total. The van der Waals surface area contributed by atoms with Crippen LogP contribution in [0.2, 0.25) is 0 Å². The van der Waals surface area contributed by atoms with Crippen LogP contribution in [-0.2, 0) is 14.3 Å². The Morgan fingerprint density at radius 3 is 2.82 bits per heavy atom. The van der Waals surface area contributed by atoms with Gasteiger partial charge in [-0.15, -0.1) is 0 Å². The fraction of sp³-hybridized carbons (Fsp3) is 0.357. The van der Waals surface area contributed by atoms with E-state index in [2.05, 4.69) is 15.8 Å². The van der Waals surface area contributed by atoms with Gasteiger partial charge in [0.15, 0.2) is 11.5 Å². The van der Waals surface area contributed by atoms with Crippen molar-refractivity contribution in [3.8, 4) is 11.5 Å². The quantitative estimate of drug-likeness (QED) is 0.336. The summed E-state index contributed by atoms with van der Waals surface area (Å²) in [5, 5.41) is 6.11. The van der Waals surface area contributed by atoms with Gasteiger partial charge in [-0.2, -0.15) is 5.10 Å². The van der Waals surface area contributed by atoms with Crippen LogP contribution in [0.1, 0.15) is 5.56 Å². The van der Waals surface area contributed by atoms with Crippen LogP contribution >= 0.6 is 0 Å². The van der Waals surface area contributed by atoms with Gasteiger partial charge in [0, 0.05) is 13.7 Å². The third-order valence-electron chi connectivity index (χ3n) is 2.74. The second-order valence-electron chi connectivity index (χ2n) is 4.35. The summed E-state index contributed by atoms with van der Waals surface area (Å²) in [7, 11) is 1.50. The predicted molar refractivity (Wildman–Crippen MR) is 78.1 cm³/mol. The predicted octanol–water partition coefficient (Wildman–Crippen LogP) is -0.329. The maximum absolute atomic E-state index is 11.4. The number of hydrazone groups is 1. The molecule has 1 aliphatic rings. The van der Waals surface area contributed by atoms with Gasteiger partial charge >= 0.3 is 11.8 Å². The number of carbonyl (C=O) groups excluding carboxylic acids is 2. The van der Waals surface area contributed by atoms with E-state index in [1.807, 2.05) is 0 Å². The van der Waals surface area contributed by atoms with Crippen molar-refractivity contribution in [3.63, 3.8) is 0 Å². The molecule has 8 heteroatoms. The smallest absolute Gasteiger partial charge is 0.329 e. The second kappa shape index (κ2) is 7.99. The average molecular weight is 307 g/mol. The molecule has 2 amide bonds. The van der Waals surface area contributed by atoms with Gasteiger partial charge < -0.3 is 19.5 Å². The number of benzene rings is 1. The summed E-state index contributed by atoms with van der Waals surface area (Å²) in [6.07, 6.45) is 1.42. The number of carbonyl (C=O) groups is 2. The molecule has 0 unspecified atom stereocenters. The van der Waals surface area contributed by atoms with E-state index in [4.69, 9.17) is 14.2 Å². The van der Waals surface area contributed by atoms with Gasteiger partial charge in [0.05, 0.1) is 12.8 Å². The number of methoxy groups -OCH3 is 1. The van der Waals surface area contributed by atoms with Crippen LogP contribution < -0.4 is 20.2 Å². The lowest BCUT2D eigenvalue weighted by Gasteiger charge is -2.18. The first-order chi connectivity index (χ1) is 10.7. The van der Waals surface area contributed by atoms with Crippen LogP contribution in [0, 0.1) is 0 Å². The number of fused-ring (bicyclic) bond motifs is 1. The van der Waals surface area contributed by atoms with Gasteiger partial charge in [0.25, 0.3) is 0 Å². The molecule has 118 valence electrons. The molecule has 1 aliphatic heterocycles. The van der Waals surface area contributed by atoms with Crippen LogP contribution in [0.15, 0.2) is 23.3 Å². The molecule has 0 fully saturated rings. The van der Waals surface area contributed by atoms with Crippen molar-refractivity contribution < 1.29 is 23.8 Å². The Morgan fingerprint density at radius 1 is 1.27 bits per heavy atom. The number of nitrogens with zero attached hydrogens (tertiary/aromatic N) is 1. The monoisotopic (exact) mass is 307 g/mol. The first kappa shape index (κ1) is 15.8. The molecule has 0 atom stereocenters. The Bertz CT molecular complexity index is 574. The summed E-state index contributed by atoms with van der Waals surface area (Å²) in [5.41, 5.74) is 2.86. The molecule has 1 heterocycles.